The molecule has 0 radical (unpaired) electrons. The summed E-state index contributed by atoms with van der Waals surface area (Å²) in [6.07, 6.45) is 2.02. The lowest BCUT2D eigenvalue weighted by Gasteiger charge is -2.43. The molecule has 1 aliphatic carbocycles. The van der Waals surface area contributed by atoms with Gasteiger partial charge in [0.05, 0.1) is 0 Å². The van der Waals surface area contributed by atoms with Crippen LogP contribution in [-0.4, -0.2) is 47.4 Å². The van der Waals surface area contributed by atoms with Gasteiger partial charge in [-0.2, -0.15) is 0 Å². The maximum absolute atomic E-state index is 13.0. The van der Waals surface area contributed by atoms with Gasteiger partial charge in [0.1, 0.15) is 12.1 Å². The van der Waals surface area contributed by atoms with Crippen molar-refractivity contribution in [1.29, 1.82) is 0 Å². The summed E-state index contributed by atoms with van der Waals surface area (Å²) in [4.78, 5) is 50.5. The number of nitrogens with zero attached hydrogens (tertiary/aromatic N) is 1. The van der Waals surface area contributed by atoms with Gasteiger partial charge in [-0.25, -0.2) is 4.79 Å². The third-order valence-corrected chi connectivity index (χ3v) is 6.08. The summed E-state index contributed by atoms with van der Waals surface area (Å²) in [6.45, 7) is 5.35. The van der Waals surface area contributed by atoms with Crippen molar-refractivity contribution in [3.63, 3.8) is 0 Å². The molecule has 168 valence electrons. The molecule has 31 heavy (non-hydrogen) atoms. The monoisotopic (exact) mass is 449 g/mol. The molecule has 4 amide bonds. The highest BCUT2D eigenvalue weighted by Crippen LogP contribution is 2.46. The van der Waals surface area contributed by atoms with E-state index in [2.05, 4.69) is 31.4 Å². The number of nitrogens with one attached hydrogen (secondary N) is 2. The second-order valence-electron chi connectivity index (χ2n) is 9.29. The highest BCUT2D eigenvalue weighted by atomic mass is 35.5. The number of amides is 4. The molecule has 1 heterocycles. The molecule has 0 aromatic heterocycles. The topological polar surface area (TPSA) is 105 Å². The van der Waals surface area contributed by atoms with Gasteiger partial charge in [-0.05, 0) is 42.2 Å². The Morgan fingerprint density at radius 3 is 2.65 bits per heavy atom. The number of rotatable bonds is 6. The number of hydrogen-bond donors (Lipinski definition) is 2. The quantitative estimate of drug-likeness (QED) is 0.513. The number of carbonyl (C=O) groups is 4. The second-order valence-corrected chi connectivity index (χ2v) is 9.69. The van der Waals surface area contributed by atoms with Crippen molar-refractivity contribution in [3.8, 4) is 0 Å². The van der Waals surface area contributed by atoms with Gasteiger partial charge in [-0.15, -0.1) is 0 Å². The van der Waals surface area contributed by atoms with Crippen LogP contribution in [0, 0.1) is 11.3 Å². The SMILES string of the molecule is C[C@H]1CC(C)(C)C[C@]2(C1)NC(=O)N(CC(=O)OCC(=O)NCc1ccccc1Cl)C2=O. The van der Waals surface area contributed by atoms with Crippen LogP contribution in [0.4, 0.5) is 4.79 Å². The first-order valence-corrected chi connectivity index (χ1v) is 10.7. The summed E-state index contributed by atoms with van der Waals surface area (Å²) in [7, 11) is 0. The Hall–Kier alpha value is -2.61. The lowest BCUT2D eigenvalue weighted by molar-refractivity contribution is -0.151. The van der Waals surface area contributed by atoms with Crippen LogP contribution in [-0.2, 0) is 25.7 Å². The number of ether oxygens (including phenoxy) is 1. The van der Waals surface area contributed by atoms with E-state index in [1.165, 1.54) is 0 Å². The molecule has 9 heteroatoms. The van der Waals surface area contributed by atoms with E-state index in [9.17, 15) is 19.2 Å². The number of benzene rings is 1. The molecule has 1 saturated carbocycles. The fraction of sp³-hybridized carbons (Fsp3) is 0.545. The Kier molecular flexibility index (Phi) is 6.59. The Balaban J connectivity index is 1.51. The summed E-state index contributed by atoms with van der Waals surface area (Å²) in [5.74, 6) is -1.47. The van der Waals surface area contributed by atoms with Crippen LogP contribution in [0.2, 0.25) is 5.02 Å². The largest absolute Gasteiger partial charge is 0.454 e. The molecule has 1 saturated heterocycles. The summed E-state index contributed by atoms with van der Waals surface area (Å²) < 4.78 is 4.96. The van der Waals surface area contributed by atoms with Gasteiger partial charge in [0, 0.05) is 11.6 Å². The lowest BCUT2D eigenvalue weighted by atomic mass is 9.64. The number of hydrogen-bond acceptors (Lipinski definition) is 5. The molecule has 0 bridgehead atoms. The van der Waals surface area contributed by atoms with Crippen molar-refractivity contribution in [2.24, 2.45) is 11.3 Å². The zero-order valence-corrected chi connectivity index (χ0v) is 18.8. The van der Waals surface area contributed by atoms with Crippen LogP contribution in [0.1, 0.15) is 45.6 Å². The average Bonchev–Trinajstić information content (AvgIpc) is 2.87. The van der Waals surface area contributed by atoms with Crippen LogP contribution in [0.5, 0.6) is 0 Å². The molecular formula is C22H28ClN3O5. The lowest BCUT2D eigenvalue weighted by Crippen LogP contribution is -2.54. The van der Waals surface area contributed by atoms with Crippen molar-refractivity contribution in [3.05, 3.63) is 34.9 Å². The Morgan fingerprint density at radius 1 is 1.26 bits per heavy atom. The van der Waals surface area contributed by atoms with E-state index < -0.39 is 42.5 Å². The van der Waals surface area contributed by atoms with Gasteiger partial charge in [-0.3, -0.25) is 19.3 Å². The number of esters is 1. The standard InChI is InChI=1S/C22H28ClN3O5/c1-14-8-21(2,3)13-22(9-14)19(29)26(20(30)25-22)11-18(28)31-12-17(27)24-10-15-6-4-5-7-16(15)23/h4-7,14H,8-13H2,1-3H3,(H,24,27)(H,25,30)/t14-,22-/m0/s1. The van der Waals surface area contributed by atoms with Gasteiger partial charge >= 0.3 is 12.0 Å². The zero-order valence-electron chi connectivity index (χ0n) is 18.0. The smallest absolute Gasteiger partial charge is 0.326 e. The van der Waals surface area contributed by atoms with Gasteiger partial charge in [0.2, 0.25) is 0 Å². The first kappa shape index (κ1) is 23.1. The van der Waals surface area contributed by atoms with Crippen molar-refractivity contribution in [1.82, 2.24) is 15.5 Å². The second kappa shape index (κ2) is 8.86. The van der Waals surface area contributed by atoms with E-state index in [0.717, 1.165) is 16.9 Å². The minimum atomic E-state index is -0.981. The Labute approximate surface area is 186 Å². The van der Waals surface area contributed by atoms with Crippen molar-refractivity contribution < 1.29 is 23.9 Å². The fourth-order valence-corrected chi connectivity index (χ4v) is 5.06. The minimum Gasteiger partial charge on any atom is -0.454 e. The van der Waals surface area contributed by atoms with E-state index in [1.807, 2.05) is 0 Å². The van der Waals surface area contributed by atoms with Gasteiger partial charge in [0.15, 0.2) is 6.61 Å². The van der Waals surface area contributed by atoms with E-state index in [4.69, 9.17) is 16.3 Å². The predicted octanol–water partition coefficient (Wildman–Crippen LogP) is 2.64. The molecule has 2 aliphatic rings. The molecular weight excluding hydrogens is 422 g/mol. The molecule has 2 atom stereocenters. The number of urea groups is 1. The van der Waals surface area contributed by atoms with Crippen LogP contribution < -0.4 is 10.6 Å². The zero-order chi connectivity index (χ0) is 22.8. The van der Waals surface area contributed by atoms with Gasteiger partial charge < -0.3 is 15.4 Å². The van der Waals surface area contributed by atoms with Crippen LogP contribution in [0.25, 0.3) is 0 Å². The summed E-state index contributed by atoms with van der Waals surface area (Å²) in [6, 6.07) is 6.46. The molecule has 3 rings (SSSR count). The Bertz CT molecular complexity index is 903. The molecule has 1 aromatic rings. The third-order valence-electron chi connectivity index (χ3n) is 5.71. The van der Waals surface area contributed by atoms with Crippen LogP contribution >= 0.6 is 11.6 Å². The summed E-state index contributed by atoms with van der Waals surface area (Å²) in [5, 5.41) is 5.93. The van der Waals surface area contributed by atoms with Crippen molar-refractivity contribution in [2.75, 3.05) is 13.2 Å². The van der Waals surface area contributed by atoms with Crippen molar-refractivity contribution in [2.45, 2.75) is 52.1 Å². The molecule has 1 aliphatic heterocycles. The molecule has 0 unspecified atom stereocenters. The van der Waals surface area contributed by atoms with Gasteiger partial charge in [0.25, 0.3) is 11.8 Å². The van der Waals surface area contributed by atoms with E-state index in [0.29, 0.717) is 17.9 Å². The third kappa shape index (κ3) is 5.36. The fourth-order valence-electron chi connectivity index (χ4n) is 4.86. The number of halogens is 1. The molecule has 1 spiro atoms. The summed E-state index contributed by atoms with van der Waals surface area (Å²) >= 11 is 6.03. The molecule has 2 N–H and O–H groups in total. The van der Waals surface area contributed by atoms with E-state index >= 15 is 0 Å². The number of imide groups is 1. The van der Waals surface area contributed by atoms with E-state index in [1.54, 1.807) is 24.3 Å². The van der Waals surface area contributed by atoms with Gasteiger partial charge in [-0.1, -0.05) is 50.6 Å². The van der Waals surface area contributed by atoms with Crippen LogP contribution in [0.15, 0.2) is 24.3 Å². The minimum absolute atomic E-state index is 0.100. The highest BCUT2D eigenvalue weighted by molar-refractivity contribution is 6.31. The average molecular weight is 450 g/mol. The molecule has 8 nitrogen and oxygen atoms in total. The number of carbonyl (C=O) groups excluding carboxylic acids is 4. The molecule has 1 aromatic carbocycles. The normalized spacial score (nSPS) is 24.8. The highest BCUT2D eigenvalue weighted by Gasteiger charge is 2.56. The predicted molar refractivity (Wildman–Crippen MR) is 114 cm³/mol. The Morgan fingerprint density at radius 2 is 1.97 bits per heavy atom. The van der Waals surface area contributed by atoms with E-state index in [-0.39, 0.29) is 17.9 Å². The first-order chi connectivity index (χ1) is 14.5. The van der Waals surface area contributed by atoms with Crippen molar-refractivity contribution >= 4 is 35.4 Å². The first-order valence-electron chi connectivity index (χ1n) is 10.3. The maximum Gasteiger partial charge on any atom is 0.326 e. The maximum atomic E-state index is 13.0. The molecule has 2 fully saturated rings. The summed E-state index contributed by atoms with van der Waals surface area (Å²) in [5.41, 5.74) is -0.347. The van der Waals surface area contributed by atoms with Crippen LogP contribution in [0.3, 0.4) is 0 Å².